The van der Waals surface area contributed by atoms with Crippen LogP contribution in [0.2, 0.25) is 0 Å². The Kier molecular flexibility index (Phi) is 6.65. The number of hydrogen-bond donors (Lipinski definition) is 2. The Morgan fingerprint density at radius 1 is 1.15 bits per heavy atom. The number of aromatic nitrogens is 2. The monoisotopic (exact) mass is 465 g/mol. The molecule has 2 heterocycles. The molecule has 1 amide bonds. The molecule has 1 aliphatic rings. The molecule has 0 bridgehead atoms. The Labute approximate surface area is 167 Å². The van der Waals surface area contributed by atoms with Gasteiger partial charge in [-0.05, 0) is 60.9 Å². The summed E-state index contributed by atoms with van der Waals surface area (Å²) in [4.78, 5) is 23.6. The van der Waals surface area contributed by atoms with Crippen LogP contribution in [0.5, 0.6) is 0 Å². The summed E-state index contributed by atoms with van der Waals surface area (Å²) >= 11 is 2.17. The maximum absolute atomic E-state index is 12.2. The van der Waals surface area contributed by atoms with Gasteiger partial charge in [0.15, 0.2) is 0 Å². The maximum Gasteiger partial charge on any atom is 0.252 e. The predicted molar refractivity (Wildman–Crippen MR) is 113 cm³/mol. The Balaban J connectivity index is 1.52. The Hall–Kier alpha value is -1.90. The van der Waals surface area contributed by atoms with E-state index >= 15 is 0 Å². The predicted octanol–water partition coefficient (Wildman–Crippen LogP) is 3.22. The molecule has 0 atom stereocenters. The number of carbonyl (C=O) groups excluding carboxylic acids is 1. The number of halogens is 1. The van der Waals surface area contributed by atoms with Crippen LogP contribution in [0.1, 0.15) is 35.3 Å². The molecule has 6 nitrogen and oxygen atoms in total. The standard InChI is InChI=1S/C19H24IN5O/c1-14-13-17(25-11-5-2-6-12-25)24-19(23-14)22-10-9-21-18(26)15-7-3-4-8-16(15)20/h3-4,7-8,13H,2,5-6,9-12H2,1H3,(H,21,26)(H,22,23,24). The summed E-state index contributed by atoms with van der Waals surface area (Å²) in [5, 5.41) is 6.15. The smallest absolute Gasteiger partial charge is 0.252 e. The van der Waals surface area contributed by atoms with Crippen LogP contribution in [0.4, 0.5) is 11.8 Å². The minimum absolute atomic E-state index is 0.0593. The van der Waals surface area contributed by atoms with E-state index in [0.717, 1.165) is 28.2 Å². The first kappa shape index (κ1) is 18.9. The molecule has 0 spiro atoms. The van der Waals surface area contributed by atoms with Crippen molar-refractivity contribution in [1.29, 1.82) is 0 Å². The van der Waals surface area contributed by atoms with E-state index in [0.29, 0.717) is 24.6 Å². The Bertz CT molecular complexity index is 761. The van der Waals surface area contributed by atoms with Gasteiger partial charge >= 0.3 is 0 Å². The highest BCUT2D eigenvalue weighted by Gasteiger charge is 2.14. The van der Waals surface area contributed by atoms with Gasteiger partial charge in [-0.1, -0.05) is 12.1 Å². The zero-order valence-corrected chi connectivity index (χ0v) is 17.1. The second-order valence-electron chi connectivity index (χ2n) is 6.40. The summed E-state index contributed by atoms with van der Waals surface area (Å²) in [6.45, 7) is 5.20. The number of benzene rings is 1. The topological polar surface area (TPSA) is 70.2 Å². The van der Waals surface area contributed by atoms with Crippen molar-refractivity contribution in [2.75, 3.05) is 36.4 Å². The van der Waals surface area contributed by atoms with E-state index in [9.17, 15) is 4.79 Å². The molecule has 0 unspecified atom stereocenters. The number of hydrogen-bond acceptors (Lipinski definition) is 5. The maximum atomic E-state index is 12.2. The van der Waals surface area contributed by atoms with Crippen LogP contribution in [-0.4, -0.2) is 42.1 Å². The highest BCUT2D eigenvalue weighted by Crippen LogP contribution is 2.19. The van der Waals surface area contributed by atoms with Crippen LogP contribution in [-0.2, 0) is 0 Å². The number of rotatable bonds is 6. The fourth-order valence-electron chi connectivity index (χ4n) is 3.01. The lowest BCUT2D eigenvalue weighted by Gasteiger charge is -2.28. The third-order valence-electron chi connectivity index (χ3n) is 4.33. The fraction of sp³-hybridized carbons (Fsp3) is 0.421. The molecule has 1 saturated heterocycles. The Morgan fingerprint density at radius 3 is 2.69 bits per heavy atom. The quantitative estimate of drug-likeness (QED) is 0.507. The molecular formula is C19H24IN5O. The van der Waals surface area contributed by atoms with Crippen LogP contribution in [0.25, 0.3) is 0 Å². The van der Waals surface area contributed by atoms with Gasteiger partial charge in [0.25, 0.3) is 5.91 Å². The van der Waals surface area contributed by atoms with Crippen LogP contribution >= 0.6 is 22.6 Å². The molecule has 2 N–H and O–H groups in total. The van der Waals surface area contributed by atoms with Gasteiger partial charge in [-0.25, -0.2) is 4.98 Å². The molecule has 0 radical (unpaired) electrons. The minimum Gasteiger partial charge on any atom is -0.356 e. The molecule has 0 aliphatic carbocycles. The summed E-state index contributed by atoms with van der Waals surface area (Å²) in [6, 6.07) is 9.60. The molecule has 1 aromatic heterocycles. The normalized spacial score (nSPS) is 14.2. The molecule has 3 rings (SSSR count). The summed E-state index contributed by atoms with van der Waals surface area (Å²) in [5.74, 6) is 1.55. The van der Waals surface area contributed by atoms with E-state index in [4.69, 9.17) is 0 Å². The lowest BCUT2D eigenvalue weighted by molar-refractivity contribution is 0.0954. The number of nitrogens with zero attached hydrogens (tertiary/aromatic N) is 3. The van der Waals surface area contributed by atoms with E-state index < -0.39 is 0 Å². The van der Waals surface area contributed by atoms with Crippen molar-refractivity contribution in [1.82, 2.24) is 15.3 Å². The first-order chi connectivity index (χ1) is 12.6. The molecule has 2 aromatic rings. The first-order valence-corrected chi connectivity index (χ1v) is 10.1. The van der Waals surface area contributed by atoms with Crippen LogP contribution < -0.4 is 15.5 Å². The van der Waals surface area contributed by atoms with E-state index in [1.54, 1.807) is 0 Å². The minimum atomic E-state index is -0.0593. The lowest BCUT2D eigenvalue weighted by Crippen LogP contribution is -2.31. The SMILES string of the molecule is Cc1cc(N2CCCCC2)nc(NCCNC(=O)c2ccccc2I)n1. The number of anilines is 2. The third-order valence-corrected chi connectivity index (χ3v) is 5.27. The van der Waals surface area contributed by atoms with Crippen molar-refractivity contribution in [2.24, 2.45) is 0 Å². The van der Waals surface area contributed by atoms with Crippen molar-refractivity contribution >= 4 is 40.3 Å². The van der Waals surface area contributed by atoms with Gasteiger partial charge in [-0.2, -0.15) is 4.98 Å². The third kappa shape index (κ3) is 5.06. The summed E-state index contributed by atoms with van der Waals surface area (Å²) in [5.41, 5.74) is 1.65. The molecule has 1 aliphatic heterocycles. The van der Waals surface area contributed by atoms with Gasteiger partial charge < -0.3 is 15.5 Å². The number of amides is 1. The summed E-state index contributed by atoms with van der Waals surface area (Å²) in [7, 11) is 0. The number of aryl methyl sites for hydroxylation is 1. The van der Waals surface area contributed by atoms with Gasteiger partial charge in [0.1, 0.15) is 5.82 Å². The molecule has 1 fully saturated rings. The number of carbonyl (C=O) groups is 1. The summed E-state index contributed by atoms with van der Waals surface area (Å²) in [6.07, 6.45) is 3.73. The second kappa shape index (κ2) is 9.16. The van der Waals surface area contributed by atoms with E-state index in [1.165, 1.54) is 19.3 Å². The van der Waals surface area contributed by atoms with Crippen molar-refractivity contribution in [3.05, 3.63) is 45.2 Å². The molecule has 138 valence electrons. The first-order valence-electron chi connectivity index (χ1n) is 9.01. The van der Waals surface area contributed by atoms with Gasteiger partial charge in [-0.3, -0.25) is 4.79 Å². The molecular weight excluding hydrogens is 441 g/mol. The zero-order chi connectivity index (χ0) is 18.4. The number of piperidine rings is 1. The van der Waals surface area contributed by atoms with Crippen LogP contribution in [0.15, 0.2) is 30.3 Å². The average molecular weight is 465 g/mol. The average Bonchev–Trinajstić information content (AvgIpc) is 2.66. The van der Waals surface area contributed by atoms with Crippen LogP contribution in [0, 0.1) is 10.5 Å². The van der Waals surface area contributed by atoms with E-state index in [-0.39, 0.29) is 5.91 Å². The fourth-order valence-corrected chi connectivity index (χ4v) is 3.64. The zero-order valence-electron chi connectivity index (χ0n) is 15.0. The highest BCUT2D eigenvalue weighted by atomic mass is 127. The molecule has 0 saturated carbocycles. The molecule has 1 aromatic carbocycles. The number of nitrogens with one attached hydrogen (secondary N) is 2. The highest BCUT2D eigenvalue weighted by molar-refractivity contribution is 14.1. The second-order valence-corrected chi connectivity index (χ2v) is 7.56. The Morgan fingerprint density at radius 2 is 1.92 bits per heavy atom. The van der Waals surface area contributed by atoms with Gasteiger partial charge in [-0.15, -0.1) is 0 Å². The van der Waals surface area contributed by atoms with Gasteiger partial charge in [0.2, 0.25) is 5.95 Å². The van der Waals surface area contributed by atoms with Gasteiger partial charge in [0, 0.05) is 41.5 Å². The van der Waals surface area contributed by atoms with Crippen molar-refractivity contribution in [3.63, 3.8) is 0 Å². The van der Waals surface area contributed by atoms with E-state index in [1.807, 2.05) is 37.3 Å². The van der Waals surface area contributed by atoms with E-state index in [2.05, 4.69) is 48.1 Å². The largest absolute Gasteiger partial charge is 0.356 e. The van der Waals surface area contributed by atoms with Gasteiger partial charge in [0.05, 0.1) is 5.56 Å². The van der Waals surface area contributed by atoms with Crippen molar-refractivity contribution in [2.45, 2.75) is 26.2 Å². The molecule has 26 heavy (non-hydrogen) atoms. The van der Waals surface area contributed by atoms with Crippen molar-refractivity contribution < 1.29 is 4.79 Å². The van der Waals surface area contributed by atoms with Crippen molar-refractivity contribution in [3.8, 4) is 0 Å². The lowest BCUT2D eigenvalue weighted by atomic mass is 10.1. The molecule has 7 heteroatoms. The summed E-state index contributed by atoms with van der Waals surface area (Å²) < 4.78 is 0.948. The van der Waals surface area contributed by atoms with Crippen LogP contribution in [0.3, 0.4) is 0 Å².